The maximum Gasteiger partial charge on any atom is 0.162 e. The molecule has 0 bridgehead atoms. The van der Waals surface area contributed by atoms with Crippen LogP contribution in [0.25, 0.3) is 70.6 Å². The number of hydrogen-bond donors (Lipinski definition) is 1. The third kappa shape index (κ3) is 3.96. The minimum atomic E-state index is 0.698. The van der Waals surface area contributed by atoms with Crippen LogP contribution in [0.3, 0.4) is 0 Å². The molecule has 0 saturated heterocycles. The molecule has 0 aliphatic rings. The Hall–Kier alpha value is -4.52. The van der Waals surface area contributed by atoms with Crippen molar-refractivity contribution in [1.82, 2.24) is 19.5 Å². The first-order valence-electron chi connectivity index (χ1n) is 13.0. The highest BCUT2D eigenvalue weighted by Crippen LogP contribution is 2.42. The Bertz CT molecular complexity index is 2070. The molecule has 0 saturated carbocycles. The zero-order valence-corrected chi connectivity index (χ0v) is 23.4. The number of nitrogens with zero attached hydrogens (tertiary/aromatic N) is 4. The molecule has 40 heavy (non-hydrogen) atoms. The molecule has 0 aliphatic heterocycles. The predicted molar refractivity (Wildman–Crippen MR) is 173 cm³/mol. The molecule has 0 fully saturated rings. The molecule has 0 unspecified atom stereocenters. The van der Waals surface area contributed by atoms with Gasteiger partial charge in [-0.05, 0) is 18.4 Å². The average Bonchev–Trinajstić information content (AvgIpc) is 3.58. The van der Waals surface area contributed by atoms with E-state index in [1.807, 2.05) is 42.6 Å². The van der Waals surface area contributed by atoms with Gasteiger partial charge in [0.1, 0.15) is 5.82 Å². The molecule has 4 aromatic heterocycles. The maximum atomic E-state index is 5.12. The van der Waals surface area contributed by atoms with Gasteiger partial charge >= 0.3 is 0 Å². The molecule has 0 aliphatic carbocycles. The summed E-state index contributed by atoms with van der Waals surface area (Å²) in [5.74, 6) is 1.52. The van der Waals surface area contributed by atoms with Gasteiger partial charge in [-0.3, -0.25) is 9.55 Å². The van der Waals surface area contributed by atoms with Crippen LogP contribution < -0.4 is 0 Å². The summed E-state index contributed by atoms with van der Waals surface area (Å²) in [6, 6.07) is 39.6. The lowest BCUT2D eigenvalue weighted by molar-refractivity contribution is 1.04. The van der Waals surface area contributed by atoms with Crippen LogP contribution in [0.2, 0.25) is 0 Å². The second-order valence-electron chi connectivity index (χ2n) is 9.31. The lowest BCUT2D eigenvalue weighted by atomic mass is 10.1. The minimum Gasteiger partial charge on any atom is -0.292 e. The normalized spacial score (nSPS) is 11.2. The van der Waals surface area contributed by atoms with E-state index in [1.165, 1.54) is 25.6 Å². The van der Waals surface area contributed by atoms with E-state index in [4.69, 9.17) is 15.0 Å². The Morgan fingerprint density at radius 3 is 2.08 bits per heavy atom. The molecule has 0 spiro atoms. The third-order valence-corrected chi connectivity index (χ3v) is 8.24. The van der Waals surface area contributed by atoms with E-state index in [0.717, 1.165) is 39.2 Å². The number of thiol groups is 1. The lowest BCUT2D eigenvalue weighted by Gasteiger charge is -2.12. The van der Waals surface area contributed by atoms with Crippen molar-refractivity contribution in [3.8, 4) is 28.5 Å². The van der Waals surface area contributed by atoms with Crippen molar-refractivity contribution < 1.29 is 0 Å². The number of rotatable bonds is 3. The summed E-state index contributed by atoms with van der Waals surface area (Å²) in [5, 5.41) is 3.61. The summed E-state index contributed by atoms with van der Waals surface area (Å²) in [5.41, 5.74) is 6.12. The van der Waals surface area contributed by atoms with Gasteiger partial charge in [0.2, 0.25) is 0 Å². The average molecular weight is 553 g/mol. The van der Waals surface area contributed by atoms with E-state index in [1.54, 1.807) is 17.6 Å². The van der Waals surface area contributed by atoms with Gasteiger partial charge in [-0.1, -0.05) is 97.1 Å². The van der Waals surface area contributed by atoms with Crippen LogP contribution in [0.1, 0.15) is 0 Å². The Labute approximate surface area is 241 Å². The molecule has 0 amide bonds. The molecule has 0 radical (unpaired) electrons. The summed E-state index contributed by atoms with van der Waals surface area (Å²) >= 11 is 5.33. The van der Waals surface area contributed by atoms with Gasteiger partial charge in [-0.15, -0.1) is 11.3 Å². The molecule has 192 valence electrons. The molecular formula is C34H24N4S2. The van der Waals surface area contributed by atoms with E-state index < -0.39 is 0 Å². The number of aromatic nitrogens is 4. The standard InChI is InChI=1S/C33H20N4S.CH4S/c1-3-11-21(12-4-1)25-19-29(36-33(35-25)22-13-5-2-6-14-22)37-26-17-9-7-15-23(26)30-27(37)20-34-31-24-16-8-10-18-28(24)38-32(30)31;1-2/h1-20H;2H,1H3. The topological polar surface area (TPSA) is 43.6 Å². The quantitative estimate of drug-likeness (QED) is 0.222. The zero-order valence-electron chi connectivity index (χ0n) is 21.7. The molecule has 4 aromatic carbocycles. The van der Waals surface area contributed by atoms with Crippen molar-refractivity contribution in [3.05, 3.63) is 121 Å². The highest BCUT2D eigenvalue weighted by molar-refractivity contribution is 7.79. The van der Waals surface area contributed by atoms with Gasteiger partial charge < -0.3 is 0 Å². The monoisotopic (exact) mass is 552 g/mol. The van der Waals surface area contributed by atoms with Crippen molar-refractivity contribution in [1.29, 1.82) is 0 Å². The van der Waals surface area contributed by atoms with Gasteiger partial charge in [-0.2, -0.15) is 12.6 Å². The van der Waals surface area contributed by atoms with Crippen LogP contribution in [-0.2, 0) is 0 Å². The summed E-state index contributed by atoms with van der Waals surface area (Å²) in [6.07, 6.45) is 3.70. The summed E-state index contributed by atoms with van der Waals surface area (Å²) in [4.78, 5) is 15.1. The van der Waals surface area contributed by atoms with Crippen molar-refractivity contribution in [2.24, 2.45) is 0 Å². The highest BCUT2D eigenvalue weighted by Gasteiger charge is 2.20. The number of hydrogen-bond acceptors (Lipinski definition) is 5. The molecule has 0 N–H and O–H groups in total. The fraction of sp³-hybridized carbons (Fsp3) is 0.0294. The van der Waals surface area contributed by atoms with Crippen molar-refractivity contribution in [3.63, 3.8) is 0 Å². The van der Waals surface area contributed by atoms with E-state index in [0.29, 0.717) is 5.82 Å². The fourth-order valence-corrected chi connectivity index (χ4v) is 6.56. The highest BCUT2D eigenvalue weighted by atomic mass is 32.1. The summed E-state index contributed by atoms with van der Waals surface area (Å²) in [6.45, 7) is 0. The first kappa shape index (κ1) is 24.5. The number of benzene rings is 4. The predicted octanol–water partition coefficient (Wildman–Crippen LogP) is 9.22. The van der Waals surface area contributed by atoms with Crippen LogP contribution in [0.4, 0.5) is 0 Å². The Kier molecular flexibility index (Phi) is 6.27. The first-order chi connectivity index (χ1) is 19.8. The van der Waals surface area contributed by atoms with Gasteiger partial charge in [0, 0.05) is 38.1 Å². The molecule has 8 rings (SSSR count). The number of para-hydroxylation sites is 1. The van der Waals surface area contributed by atoms with Crippen molar-refractivity contribution in [2.75, 3.05) is 6.26 Å². The van der Waals surface area contributed by atoms with E-state index >= 15 is 0 Å². The second kappa shape index (κ2) is 10.2. The SMILES string of the molecule is CS.c1ccc(-c2cc(-n3c4ccccc4c4c5sc6ccccc6c5ncc43)nc(-c3ccccc3)n2)cc1. The summed E-state index contributed by atoms with van der Waals surface area (Å²) in [7, 11) is 0. The Morgan fingerprint density at radius 1 is 0.650 bits per heavy atom. The Morgan fingerprint density at radius 2 is 1.30 bits per heavy atom. The molecular weight excluding hydrogens is 529 g/mol. The number of pyridine rings is 1. The van der Waals surface area contributed by atoms with Gasteiger partial charge in [0.15, 0.2) is 5.82 Å². The van der Waals surface area contributed by atoms with Crippen LogP contribution >= 0.6 is 24.0 Å². The molecule has 4 heterocycles. The van der Waals surface area contributed by atoms with Crippen LogP contribution in [0, 0.1) is 0 Å². The molecule has 8 aromatic rings. The Balaban J connectivity index is 0.00000130. The second-order valence-corrected chi connectivity index (χ2v) is 10.4. The molecule has 6 heteroatoms. The lowest BCUT2D eigenvalue weighted by Crippen LogP contribution is -2.02. The first-order valence-corrected chi connectivity index (χ1v) is 14.7. The van der Waals surface area contributed by atoms with E-state index in [9.17, 15) is 0 Å². The number of thiophene rings is 1. The van der Waals surface area contributed by atoms with E-state index in [2.05, 4.69) is 96.1 Å². The van der Waals surface area contributed by atoms with Crippen LogP contribution in [0.5, 0.6) is 0 Å². The minimum absolute atomic E-state index is 0.698. The van der Waals surface area contributed by atoms with Crippen LogP contribution in [0.15, 0.2) is 121 Å². The van der Waals surface area contributed by atoms with E-state index in [-0.39, 0.29) is 0 Å². The largest absolute Gasteiger partial charge is 0.292 e. The zero-order chi connectivity index (χ0) is 27.1. The van der Waals surface area contributed by atoms with Crippen molar-refractivity contribution >= 4 is 66.1 Å². The van der Waals surface area contributed by atoms with Gasteiger partial charge in [0.25, 0.3) is 0 Å². The van der Waals surface area contributed by atoms with Crippen LogP contribution in [-0.4, -0.2) is 25.8 Å². The molecule has 0 atom stereocenters. The number of fused-ring (bicyclic) bond motifs is 7. The smallest absolute Gasteiger partial charge is 0.162 e. The molecule has 4 nitrogen and oxygen atoms in total. The third-order valence-electron chi connectivity index (χ3n) is 7.07. The fourth-order valence-electron chi connectivity index (χ4n) is 5.34. The van der Waals surface area contributed by atoms with Crippen molar-refractivity contribution in [2.45, 2.75) is 0 Å². The summed E-state index contributed by atoms with van der Waals surface area (Å²) < 4.78 is 4.69. The maximum absolute atomic E-state index is 5.12. The van der Waals surface area contributed by atoms with Gasteiger partial charge in [-0.25, -0.2) is 9.97 Å². The van der Waals surface area contributed by atoms with Gasteiger partial charge in [0.05, 0.1) is 33.1 Å².